The maximum Gasteiger partial charge on any atom is 0.254 e. The molecule has 2 aromatic heterocycles. The van der Waals surface area contributed by atoms with Crippen molar-refractivity contribution >= 4 is 23.1 Å². The van der Waals surface area contributed by atoms with Gasteiger partial charge < -0.3 is 21.7 Å². The standard InChI is InChI=1S/C27H29F3N6O2/c1-14(2)34-27(38)16-3-4-18(29)24(25(16)30)21-6-5-19(31)26(35-21)23(37)11-15-12-33-9-7-22(15)36-10-8-17(28)20(32)13-36/h3-7,9,12,14,17,20H,8,10-11,13,31-32H2,1-2H3,(H,34,38)/t17-,20-/m1/s1. The van der Waals surface area contributed by atoms with Crippen molar-refractivity contribution in [3.05, 3.63) is 71.2 Å². The summed E-state index contributed by atoms with van der Waals surface area (Å²) in [5, 5.41) is 2.57. The number of hydrogen-bond donors (Lipinski definition) is 3. The van der Waals surface area contributed by atoms with Crippen LogP contribution in [0.5, 0.6) is 0 Å². The second-order valence-electron chi connectivity index (χ2n) is 9.57. The predicted octanol–water partition coefficient (Wildman–Crippen LogP) is 3.44. The summed E-state index contributed by atoms with van der Waals surface area (Å²) >= 11 is 0. The Morgan fingerprint density at radius 2 is 1.95 bits per heavy atom. The summed E-state index contributed by atoms with van der Waals surface area (Å²) in [6.45, 7) is 4.13. The molecule has 11 heteroatoms. The Morgan fingerprint density at radius 3 is 2.66 bits per heavy atom. The molecule has 1 fully saturated rings. The molecule has 8 nitrogen and oxygen atoms in total. The number of amides is 1. The van der Waals surface area contributed by atoms with Gasteiger partial charge in [-0.2, -0.15) is 0 Å². The lowest BCUT2D eigenvalue weighted by molar-refractivity contribution is 0.0937. The number of hydrogen-bond acceptors (Lipinski definition) is 7. The first-order chi connectivity index (χ1) is 18.1. The molecule has 0 radical (unpaired) electrons. The largest absolute Gasteiger partial charge is 0.397 e. The molecule has 0 saturated carbocycles. The number of anilines is 2. The number of alkyl halides is 1. The fourth-order valence-corrected chi connectivity index (χ4v) is 4.43. The molecule has 5 N–H and O–H groups in total. The monoisotopic (exact) mass is 526 g/mol. The van der Waals surface area contributed by atoms with Gasteiger partial charge in [0.15, 0.2) is 5.78 Å². The number of nitrogen functional groups attached to an aromatic ring is 1. The minimum Gasteiger partial charge on any atom is -0.397 e. The summed E-state index contributed by atoms with van der Waals surface area (Å²) in [6.07, 6.45) is 2.10. The molecule has 1 amide bonds. The van der Waals surface area contributed by atoms with Gasteiger partial charge >= 0.3 is 0 Å². The van der Waals surface area contributed by atoms with E-state index in [4.69, 9.17) is 11.5 Å². The molecule has 3 aromatic rings. The molecule has 1 saturated heterocycles. The van der Waals surface area contributed by atoms with E-state index < -0.39 is 41.1 Å². The summed E-state index contributed by atoms with van der Waals surface area (Å²) in [7, 11) is 0. The second kappa shape index (κ2) is 11.2. The molecular weight excluding hydrogens is 497 g/mol. The molecule has 0 aliphatic carbocycles. The van der Waals surface area contributed by atoms with Crippen LogP contribution in [0.3, 0.4) is 0 Å². The number of piperidine rings is 1. The molecule has 4 rings (SSSR count). The van der Waals surface area contributed by atoms with E-state index in [1.807, 2.05) is 4.90 Å². The Morgan fingerprint density at radius 1 is 1.18 bits per heavy atom. The number of nitrogens with one attached hydrogen (secondary N) is 1. The summed E-state index contributed by atoms with van der Waals surface area (Å²) < 4.78 is 44.0. The van der Waals surface area contributed by atoms with Crippen LogP contribution in [0, 0.1) is 11.6 Å². The number of nitrogens with zero attached hydrogens (tertiary/aromatic N) is 3. The van der Waals surface area contributed by atoms with E-state index in [1.54, 1.807) is 26.1 Å². The van der Waals surface area contributed by atoms with Crippen LogP contribution in [0.15, 0.2) is 42.7 Å². The van der Waals surface area contributed by atoms with Crippen LogP contribution in [0.4, 0.5) is 24.5 Å². The first-order valence-corrected chi connectivity index (χ1v) is 12.2. The van der Waals surface area contributed by atoms with Crippen molar-refractivity contribution in [2.24, 2.45) is 5.73 Å². The van der Waals surface area contributed by atoms with Gasteiger partial charge in [-0.1, -0.05) is 0 Å². The fourth-order valence-electron chi connectivity index (χ4n) is 4.43. The van der Waals surface area contributed by atoms with Crippen molar-refractivity contribution in [1.29, 1.82) is 0 Å². The van der Waals surface area contributed by atoms with Crippen molar-refractivity contribution in [3.63, 3.8) is 0 Å². The number of pyridine rings is 2. The first kappa shape index (κ1) is 27.1. The van der Waals surface area contributed by atoms with Gasteiger partial charge in [0.25, 0.3) is 5.91 Å². The third-order valence-electron chi connectivity index (χ3n) is 6.34. The second-order valence-corrected chi connectivity index (χ2v) is 9.57. The highest BCUT2D eigenvalue weighted by Gasteiger charge is 2.28. The molecule has 1 aromatic carbocycles. The van der Waals surface area contributed by atoms with Crippen molar-refractivity contribution in [2.75, 3.05) is 23.7 Å². The van der Waals surface area contributed by atoms with Gasteiger partial charge in [0.2, 0.25) is 0 Å². The lowest BCUT2D eigenvalue weighted by Crippen LogP contribution is -2.50. The molecule has 1 aliphatic heterocycles. The summed E-state index contributed by atoms with van der Waals surface area (Å²) in [6, 6.07) is 5.46. The minimum absolute atomic E-state index is 0.0268. The van der Waals surface area contributed by atoms with Gasteiger partial charge in [0.1, 0.15) is 23.5 Å². The zero-order chi connectivity index (χ0) is 27.6. The number of benzene rings is 1. The van der Waals surface area contributed by atoms with Gasteiger partial charge in [-0.15, -0.1) is 0 Å². The van der Waals surface area contributed by atoms with E-state index in [-0.39, 0.29) is 48.1 Å². The van der Waals surface area contributed by atoms with Crippen molar-refractivity contribution in [2.45, 2.75) is 44.9 Å². The normalized spacial score (nSPS) is 17.5. The minimum atomic E-state index is -1.10. The Bertz CT molecular complexity index is 1370. The first-order valence-electron chi connectivity index (χ1n) is 12.2. The number of nitrogens with two attached hydrogens (primary N) is 2. The lowest BCUT2D eigenvalue weighted by Gasteiger charge is -2.35. The van der Waals surface area contributed by atoms with Gasteiger partial charge in [-0.05, 0) is 50.6 Å². The molecule has 0 spiro atoms. The Kier molecular flexibility index (Phi) is 7.96. The molecule has 0 bridgehead atoms. The number of carbonyl (C=O) groups excluding carboxylic acids is 2. The molecule has 2 atom stereocenters. The quantitative estimate of drug-likeness (QED) is 0.403. The highest BCUT2D eigenvalue weighted by atomic mass is 19.1. The number of halogens is 3. The predicted molar refractivity (Wildman–Crippen MR) is 139 cm³/mol. The van der Waals surface area contributed by atoms with Gasteiger partial charge in [-0.25, -0.2) is 18.2 Å². The highest BCUT2D eigenvalue weighted by molar-refractivity contribution is 6.01. The molecule has 38 heavy (non-hydrogen) atoms. The van der Waals surface area contributed by atoms with E-state index in [9.17, 15) is 18.4 Å². The molecule has 200 valence electrons. The number of Topliss-reactive ketones (excluding diaryl/α,β-unsaturated/α-hetero) is 1. The zero-order valence-corrected chi connectivity index (χ0v) is 21.0. The van der Waals surface area contributed by atoms with Crippen LogP contribution in [0.2, 0.25) is 0 Å². The summed E-state index contributed by atoms with van der Waals surface area (Å²) in [4.78, 5) is 35.9. The van der Waals surface area contributed by atoms with Crippen molar-refractivity contribution in [1.82, 2.24) is 15.3 Å². The van der Waals surface area contributed by atoms with Gasteiger partial charge in [-0.3, -0.25) is 14.6 Å². The van der Waals surface area contributed by atoms with Crippen LogP contribution in [-0.4, -0.2) is 53.0 Å². The number of rotatable bonds is 7. The van der Waals surface area contributed by atoms with E-state index in [0.717, 1.165) is 12.1 Å². The van der Waals surface area contributed by atoms with E-state index in [0.29, 0.717) is 17.8 Å². The van der Waals surface area contributed by atoms with E-state index in [2.05, 4.69) is 15.3 Å². The molecule has 1 aliphatic rings. The van der Waals surface area contributed by atoms with E-state index in [1.165, 1.54) is 18.3 Å². The average Bonchev–Trinajstić information content (AvgIpc) is 2.86. The Labute approximate surface area is 218 Å². The maximum atomic E-state index is 15.3. The third kappa shape index (κ3) is 5.62. The van der Waals surface area contributed by atoms with Crippen molar-refractivity contribution in [3.8, 4) is 11.3 Å². The summed E-state index contributed by atoms with van der Waals surface area (Å²) in [5.41, 5.74) is 12.0. The third-order valence-corrected chi connectivity index (χ3v) is 6.34. The average molecular weight is 527 g/mol. The number of carbonyl (C=O) groups is 2. The smallest absolute Gasteiger partial charge is 0.254 e. The van der Waals surface area contributed by atoms with Crippen LogP contribution in [0.25, 0.3) is 11.3 Å². The van der Waals surface area contributed by atoms with Gasteiger partial charge in [0, 0.05) is 49.2 Å². The Balaban J connectivity index is 1.65. The molecular formula is C27H29F3N6O2. The maximum absolute atomic E-state index is 15.3. The number of ketones is 1. The summed E-state index contributed by atoms with van der Waals surface area (Å²) in [5.74, 6) is -3.24. The van der Waals surface area contributed by atoms with Crippen LogP contribution in [-0.2, 0) is 6.42 Å². The molecule has 0 unspecified atom stereocenters. The molecule has 3 heterocycles. The van der Waals surface area contributed by atoms with Crippen LogP contribution in [0.1, 0.15) is 46.7 Å². The number of aromatic nitrogens is 2. The van der Waals surface area contributed by atoms with Crippen LogP contribution >= 0.6 is 0 Å². The Hall–Kier alpha value is -3.99. The van der Waals surface area contributed by atoms with Crippen molar-refractivity contribution < 1.29 is 22.8 Å². The topological polar surface area (TPSA) is 127 Å². The SMILES string of the molecule is CC(C)NC(=O)c1ccc(F)c(-c2ccc(N)c(C(=O)Cc3cnccc3N3CC[C@@H](F)[C@H](N)C3)n2)c1F. The van der Waals surface area contributed by atoms with Gasteiger partial charge in [0.05, 0.1) is 28.6 Å². The van der Waals surface area contributed by atoms with E-state index >= 15 is 4.39 Å². The zero-order valence-electron chi connectivity index (χ0n) is 21.0. The lowest BCUT2D eigenvalue weighted by atomic mass is 10.00. The van der Waals surface area contributed by atoms with Crippen LogP contribution < -0.4 is 21.7 Å². The highest BCUT2D eigenvalue weighted by Crippen LogP contribution is 2.30. The fraction of sp³-hybridized carbons (Fsp3) is 0.333.